The highest BCUT2D eigenvalue weighted by Gasteiger charge is 2.32. The van der Waals surface area contributed by atoms with Gasteiger partial charge in [0.25, 0.3) is 5.91 Å². The van der Waals surface area contributed by atoms with E-state index in [-0.39, 0.29) is 0 Å². The highest BCUT2D eigenvalue weighted by atomic mass is 35.5. The number of anilines is 1. The normalized spacial score (nSPS) is 11.8. The molecule has 0 radical (unpaired) electrons. The van der Waals surface area contributed by atoms with Gasteiger partial charge in [0.15, 0.2) is 0 Å². The van der Waals surface area contributed by atoms with Gasteiger partial charge < -0.3 is 5.32 Å². The van der Waals surface area contributed by atoms with Gasteiger partial charge in [-0.3, -0.25) is 4.79 Å². The Morgan fingerprint density at radius 3 is 1.94 bits per heavy atom. The van der Waals surface area contributed by atoms with Gasteiger partial charge >= 0.3 is 12.6 Å². The minimum absolute atomic E-state index is 0.481. The lowest BCUT2D eigenvalue weighted by Gasteiger charge is -2.12. The molecule has 0 aliphatic carbocycles. The van der Waals surface area contributed by atoms with E-state index in [0.29, 0.717) is 12.1 Å². The number of amides is 1. The summed E-state index contributed by atoms with van der Waals surface area (Å²) in [6.07, 6.45) is -8.02. The molecule has 0 bridgehead atoms. The first-order valence-electron chi connectivity index (χ1n) is 4.28. The number of benzene rings is 1. The molecule has 1 aromatic rings. The van der Waals surface area contributed by atoms with Crippen LogP contribution in [0.1, 0.15) is 5.56 Å². The predicted octanol–water partition coefficient (Wildman–Crippen LogP) is 4.22. The van der Waals surface area contributed by atoms with Crippen LogP contribution in [0.25, 0.3) is 0 Å². The predicted molar refractivity (Wildman–Crippen MR) is 56.1 cm³/mol. The lowest BCUT2D eigenvalue weighted by Crippen LogP contribution is -2.20. The zero-order chi connectivity index (χ0) is 14.1. The fourth-order valence-corrected chi connectivity index (χ4v) is 1.62. The number of hydrogen-bond donors (Lipinski definition) is 1. The van der Waals surface area contributed by atoms with E-state index in [4.69, 9.17) is 23.2 Å². The molecule has 1 aromatic carbocycles. The maximum atomic E-state index is 12.3. The molecule has 0 unspecified atom stereocenters. The first kappa shape index (κ1) is 15.0. The third-order valence-corrected chi connectivity index (χ3v) is 2.41. The molecule has 100 valence electrons. The third-order valence-electron chi connectivity index (χ3n) is 1.82. The fourth-order valence-electron chi connectivity index (χ4n) is 1.03. The summed E-state index contributed by atoms with van der Waals surface area (Å²) in [5.41, 5.74) is -1.64. The number of halogens is 7. The summed E-state index contributed by atoms with van der Waals surface area (Å²) in [6, 6.07) is 0.961. The third kappa shape index (κ3) is 3.46. The van der Waals surface area contributed by atoms with Crippen molar-refractivity contribution in [1.29, 1.82) is 0 Å². The zero-order valence-electron chi connectivity index (χ0n) is 8.29. The SMILES string of the molecule is O=C(Nc1c(Cl)cc(C(F)(F)F)cc1Cl)C(F)F. The topological polar surface area (TPSA) is 29.1 Å². The Bertz CT molecular complexity index is 452. The van der Waals surface area contributed by atoms with E-state index in [1.54, 1.807) is 5.32 Å². The van der Waals surface area contributed by atoms with Crippen molar-refractivity contribution in [2.75, 3.05) is 5.32 Å². The summed E-state index contributed by atoms with van der Waals surface area (Å²) in [4.78, 5) is 10.7. The monoisotopic (exact) mass is 307 g/mol. The Morgan fingerprint density at radius 1 is 1.17 bits per heavy atom. The van der Waals surface area contributed by atoms with Crippen LogP contribution >= 0.6 is 23.2 Å². The van der Waals surface area contributed by atoms with Crippen molar-refractivity contribution in [1.82, 2.24) is 0 Å². The van der Waals surface area contributed by atoms with Gasteiger partial charge in [0.1, 0.15) is 0 Å². The highest BCUT2D eigenvalue weighted by Crippen LogP contribution is 2.38. The second kappa shape index (κ2) is 5.27. The average molecular weight is 308 g/mol. The molecule has 0 aliphatic heterocycles. The second-order valence-corrected chi connectivity index (χ2v) is 3.92. The largest absolute Gasteiger partial charge is 0.416 e. The molecule has 1 N–H and O–H groups in total. The number of carbonyl (C=O) groups is 1. The standard InChI is InChI=1S/C9H4Cl2F5NO/c10-4-1-3(9(14,15)16)2-5(11)6(4)17-8(18)7(12)13/h1-2,7H,(H,17,18). The van der Waals surface area contributed by atoms with Crippen LogP contribution in [0.4, 0.5) is 27.6 Å². The Hall–Kier alpha value is -1.08. The molecule has 0 aromatic heterocycles. The van der Waals surface area contributed by atoms with Gasteiger partial charge in [-0.25, -0.2) is 0 Å². The molecule has 1 amide bonds. The maximum Gasteiger partial charge on any atom is 0.416 e. The summed E-state index contributed by atoms with van der Waals surface area (Å²) in [5.74, 6) is -1.71. The van der Waals surface area contributed by atoms with Crippen LogP contribution in [0.2, 0.25) is 10.0 Å². The zero-order valence-corrected chi connectivity index (χ0v) is 9.80. The number of nitrogens with one attached hydrogen (secondary N) is 1. The van der Waals surface area contributed by atoms with Gasteiger partial charge in [-0.2, -0.15) is 22.0 Å². The Labute approximate surface area is 108 Å². The second-order valence-electron chi connectivity index (χ2n) is 3.10. The van der Waals surface area contributed by atoms with Crippen LogP contribution in [0.15, 0.2) is 12.1 Å². The Morgan fingerprint density at radius 2 is 1.61 bits per heavy atom. The molecule has 0 aliphatic rings. The van der Waals surface area contributed by atoms with Crippen LogP contribution in [-0.4, -0.2) is 12.3 Å². The van der Waals surface area contributed by atoms with Crippen LogP contribution in [-0.2, 0) is 11.0 Å². The van der Waals surface area contributed by atoms with Crippen LogP contribution in [0.5, 0.6) is 0 Å². The molecule has 0 spiro atoms. The van der Waals surface area contributed by atoms with Gasteiger partial charge in [-0.15, -0.1) is 0 Å². The number of rotatable bonds is 2. The van der Waals surface area contributed by atoms with Crippen LogP contribution in [0.3, 0.4) is 0 Å². The smallest absolute Gasteiger partial charge is 0.319 e. The first-order chi connectivity index (χ1) is 8.12. The van der Waals surface area contributed by atoms with E-state index in [1.807, 2.05) is 0 Å². The first-order valence-corrected chi connectivity index (χ1v) is 5.03. The van der Waals surface area contributed by atoms with Crippen molar-refractivity contribution >= 4 is 34.8 Å². The van der Waals surface area contributed by atoms with Crippen molar-refractivity contribution in [2.24, 2.45) is 0 Å². The summed E-state index contributed by atoms with van der Waals surface area (Å²) < 4.78 is 61.0. The molecular weight excluding hydrogens is 304 g/mol. The van der Waals surface area contributed by atoms with Gasteiger partial charge in [-0.05, 0) is 12.1 Å². The molecule has 0 atom stereocenters. The summed E-state index contributed by atoms with van der Waals surface area (Å²) in [7, 11) is 0. The fraction of sp³-hybridized carbons (Fsp3) is 0.222. The Balaban J connectivity index is 3.14. The van der Waals surface area contributed by atoms with E-state index < -0.39 is 39.8 Å². The van der Waals surface area contributed by atoms with Gasteiger partial charge in [0, 0.05) is 0 Å². The van der Waals surface area contributed by atoms with Crippen molar-refractivity contribution in [2.45, 2.75) is 12.6 Å². The molecular formula is C9H4Cl2F5NO. The molecule has 1 rings (SSSR count). The van der Waals surface area contributed by atoms with E-state index in [0.717, 1.165) is 0 Å². The number of alkyl halides is 5. The Kier molecular flexibility index (Phi) is 4.39. The van der Waals surface area contributed by atoms with Crippen LogP contribution in [0, 0.1) is 0 Å². The molecule has 18 heavy (non-hydrogen) atoms. The van der Waals surface area contributed by atoms with Gasteiger partial charge in [0.05, 0.1) is 21.3 Å². The quantitative estimate of drug-likeness (QED) is 0.815. The minimum atomic E-state index is -4.68. The molecule has 0 heterocycles. The van der Waals surface area contributed by atoms with Crippen LogP contribution < -0.4 is 5.32 Å². The average Bonchev–Trinajstić information content (AvgIpc) is 2.21. The van der Waals surface area contributed by atoms with E-state index in [2.05, 4.69) is 0 Å². The lowest BCUT2D eigenvalue weighted by molar-refractivity contribution is -0.137. The van der Waals surface area contributed by atoms with Crippen molar-refractivity contribution in [3.8, 4) is 0 Å². The molecule has 2 nitrogen and oxygen atoms in total. The number of carbonyl (C=O) groups excluding carboxylic acids is 1. The van der Waals surface area contributed by atoms with E-state index in [9.17, 15) is 26.7 Å². The van der Waals surface area contributed by atoms with Crippen molar-refractivity contribution < 1.29 is 26.7 Å². The van der Waals surface area contributed by atoms with Gasteiger partial charge in [0.2, 0.25) is 0 Å². The summed E-state index contributed by atoms with van der Waals surface area (Å²) >= 11 is 10.9. The number of hydrogen-bond acceptors (Lipinski definition) is 1. The molecule has 0 saturated heterocycles. The summed E-state index contributed by atoms with van der Waals surface area (Å²) in [6.45, 7) is 0. The molecule has 9 heteroatoms. The van der Waals surface area contributed by atoms with Crippen molar-refractivity contribution in [3.05, 3.63) is 27.7 Å². The molecule has 0 saturated carbocycles. The molecule has 0 fully saturated rings. The van der Waals surface area contributed by atoms with Crippen molar-refractivity contribution in [3.63, 3.8) is 0 Å². The highest BCUT2D eigenvalue weighted by molar-refractivity contribution is 6.39. The maximum absolute atomic E-state index is 12.3. The van der Waals surface area contributed by atoms with E-state index in [1.165, 1.54) is 0 Å². The van der Waals surface area contributed by atoms with E-state index >= 15 is 0 Å². The lowest BCUT2D eigenvalue weighted by atomic mass is 10.2. The summed E-state index contributed by atoms with van der Waals surface area (Å²) in [5, 5.41) is 0.477. The van der Waals surface area contributed by atoms with Gasteiger partial charge in [-0.1, -0.05) is 23.2 Å². The minimum Gasteiger partial charge on any atom is -0.319 e.